The number of nitrogens with one attached hydrogen (secondary N) is 1. The Hall–Kier alpha value is -3.26. The maximum absolute atomic E-state index is 13.2. The van der Waals surface area contributed by atoms with Crippen molar-refractivity contribution in [2.45, 2.75) is 45.1 Å². The van der Waals surface area contributed by atoms with Crippen molar-refractivity contribution in [1.82, 2.24) is 9.55 Å². The molecule has 1 saturated carbocycles. The number of aryl methyl sites for hydroxylation is 1. The van der Waals surface area contributed by atoms with Gasteiger partial charge in [-0.25, -0.2) is 9.37 Å². The molecule has 0 radical (unpaired) electrons. The number of carbonyl (C=O) groups excluding carboxylic acids is 2. The predicted molar refractivity (Wildman–Crippen MR) is 131 cm³/mol. The van der Waals surface area contributed by atoms with Gasteiger partial charge < -0.3 is 14.2 Å². The standard InChI is InChI=1S/C26H31FN4O3/c1-30(24(32)16-18-6-3-4-7-18)21-12-13-23-22(17-21)28-26(31(23)14-5-15-34-2)29-25(33)19-8-10-20(27)11-9-19/h8-13,17-18H,3-7,14-16H2,1-2H3,(H,28,29,33). The van der Waals surface area contributed by atoms with Gasteiger partial charge in [0.15, 0.2) is 0 Å². The molecule has 0 bridgehead atoms. The van der Waals surface area contributed by atoms with E-state index in [0.29, 0.717) is 42.5 Å². The quantitative estimate of drug-likeness (QED) is 0.450. The van der Waals surface area contributed by atoms with E-state index in [-0.39, 0.29) is 11.8 Å². The van der Waals surface area contributed by atoms with Crippen LogP contribution in [0.5, 0.6) is 0 Å². The highest BCUT2D eigenvalue weighted by Gasteiger charge is 2.22. The SMILES string of the molecule is COCCCn1c(NC(=O)c2ccc(F)cc2)nc2cc(N(C)C(=O)CC3CCCC3)ccc21. The van der Waals surface area contributed by atoms with E-state index in [1.807, 2.05) is 22.8 Å². The van der Waals surface area contributed by atoms with Crippen molar-refractivity contribution in [2.75, 3.05) is 31.0 Å². The first-order chi connectivity index (χ1) is 16.5. The lowest BCUT2D eigenvalue weighted by Crippen LogP contribution is -2.27. The van der Waals surface area contributed by atoms with Crippen molar-refractivity contribution in [1.29, 1.82) is 0 Å². The molecule has 3 aromatic rings. The molecule has 1 aromatic heterocycles. The van der Waals surface area contributed by atoms with Crippen LogP contribution in [0.25, 0.3) is 11.0 Å². The van der Waals surface area contributed by atoms with Crippen molar-refractivity contribution < 1.29 is 18.7 Å². The average Bonchev–Trinajstić information content (AvgIpc) is 3.46. The van der Waals surface area contributed by atoms with Gasteiger partial charge in [0.05, 0.1) is 11.0 Å². The molecule has 1 aliphatic rings. The third-order valence-electron chi connectivity index (χ3n) is 6.49. The zero-order valence-electron chi connectivity index (χ0n) is 19.7. The van der Waals surface area contributed by atoms with Crippen LogP contribution in [-0.4, -0.2) is 42.1 Å². The number of methoxy groups -OCH3 is 1. The second kappa shape index (κ2) is 10.8. The van der Waals surface area contributed by atoms with Gasteiger partial charge in [-0.3, -0.25) is 14.9 Å². The van der Waals surface area contributed by atoms with Gasteiger partial charge in [0.25, 0.3) is 5.91 Å². The average molecular weight is 467 g/mol. The fraction of sp³-hybridized carbons (Fsp3) is 0.423. The summed E-state index contributed by atoms with van der Waals surface area (Å²) < 4.78 is 20.4. The first-order valence-electron chi connectivity index (χ1n) is 11.8. The van der Waals surface area contributed by atoms with Gasteiger partial charge in [-0.15, -0.1) is 0 Å². The first kappa shape index (κ1) is 23.9. The van der Waals surface area contributed by atoms with Gasteiger partial charge in [-0.2, -0.15) is 0 Å². The molecule has 2 amide bonds. The molecule has 0 spiro atoms. The largest absolute Gasteiger partial charge is 0.385 e. The summed E-state index contributed by atoms with van der Waals surface area (Å²) in [5.74, 6) is 0.218. The van der Waals surface area contributed by atoms with E-state index in [2.05, 4.69) is 10.3 Å². The van der Waals surface area contributed by atoms with E-state index in [9.17, 15) is 14.0 Å². The molecule has 4 rings (SSSR count). The number of rotatable bonds is 9. The van der Waals surface area contributed by atoms with Crippen LogP contribution in [0, 0.1) is 11.7 Å². The van der Waals surface area contributed by atoms with E-state index in [4.69, 9.17) is 4.74 Å². The van der Waals surface area contributed by atoms with Gasteiger partial charge in [-0.1, -0.05) is 12.8 Å². The number of benzene rings is 2. The van der Waals surface area contributed by atoms with Gasteiger partial charge in [0.1, 0.15) is 5.82 Å². The van der Waals surface area contributed by atoms with Gasteiger partial charge in [0, 0.05) is 45.0 Å². The Bertz CT molecular complexity index is 1150. The minimum absolute atomic E-state index is 0.107. The number of halogens is 1. The molecular formula is C26H31FN4O3. The highest BCUT2D eigenvalue weighted by Crippen LogP contribution is 2.30. The fourth-order valence-electron chi connectivity index (χ4n) is 4.53. The minimum atomic E-state index is -0.400. The summed E-state index contributed by atoms with van der Waals surface area (Å²) in [5.41, 5.74) is 2.65. The third kappa shape index (κ3) is 5.44. The third-order valence-corrected chi connectivity index (χ3v) is 6.49. The van der Waals surface area contributed by atoms with Crippen LogP contribution in [0.2, 0.25) is 0 Å². The van der Waals surface area contributed by atoms with Crippen LogP contribution < -0.4 is 10.2 Å². The van der Waals surface area contributed by atoms with Crippen molar-refractivity contribution in [3.05, 3.63) is 53.8 Å². The van der Waals surface area contributed by atoms with Crippen molar-refractivity contribution >= 4 is 34.5 Å². The number of hydrogen-bond donors (Lipinski definition) is 1. The number of anilines is 2. The van der Waals surface area contributed by atoms with Crippen LogP contribution in [0.4, 0.5) is 16.0 Å². The normalized spacial score (nSPS) is 14.0. The molecule has 0 aliphatic heterocycles. The predicted octanol–water partition coefficient (Wildman–Crippen LogP) is 5.01. The Morgan fingerprint density at radius 3 is 2.62 bits per heavy atom. The summed E-state index contributed by atoms with van der Waals surface area (Å²) in [6.07, 6.45) is 5.98. The molecule has 0 unspecified atom stereocenters. The molecule has 0 saturated heterocycles. The highest BCUT2D eigenvalue weighted by atomic mass is 19.1. The molecule has 2 aromatic carbocycles. The zero-order valence-corrected chi connectivity index (χ0v) is 19.7. The van der Waals surface area contributed by atoms with E-state index in [1.165, 1.54) is 37.1 Å². The van der Waals surface area contributed by atoms with Crippen LogP contribution in [0.1, 0.15) is 48.9 Å². The lowest BCUT2D eigenvalue weighted by Gasteiger charge is -2.19. The smallest absolute Gasteiger partial charge is 0.257 e. The highest BCUT2D eigenvalue weighted by molar-refractivity contribution is 6.04. The molecule has 34 heavy (non-hydrogen) atoms. The van der Waals surface area contributed by atoms with Gasteiger partial charge in [-0.05, 0) is 67.6 Å². The molecule has 1 N–H and O–H groups in total. The Kier molecular flexibility index (Phi) is 7.57. The Morgan fingerprint density at radius 1 is 1.18 bits per heavy atom. The van der Waals surface area contributed by atoms with Crippen molar-refractivity contribution in [2.24, 2.45) is 5.92 Å². The first-order valence-corrected chi connectivity index (χ1v) is 11.8. The Labute approximate surface area is 198 Å². The Balaban J connectivity index is 1.59. The number of nitrogens with zero attached hydrogens (tertiary/aromatic N) is 3. The maximum Gasteiger partial charge on any atom is 0.257 e. The molecule has 1 aliphatic carbocycles. The second-order valence-corrected chi connectivity index (χ2v) is 8.87. The van der Waals surface area contributed by atoms with Crippen LogP contribution in [0.15, 0.2) is 42.5 Å². The lowest BCUT2D eigenvalue weighted by atomic mass is 10.0. The number of amides is 2. The number of imidazole rings is 1. The topological polar surface area (TPSA) is 76.5 Å². The van der Waals surface area contributed by atoms with Crippen LogP contribution >= 0.6 is 0 Å². The molecule has 1 heterocycles. The van der Waals surface area contributed by atoms with E-state index in [1.54, 1.807) is 19.1 Å². The second-order valence-electron chi connectivity index (χ2n) is 8.87. The minimum Gasteiger partial charge on any atom is -0.385 e. The lowest BCUT2D eigenvalue weighted by molar-refractivity contribution is -0.119. The monoisotopic (exact) mass is 466 g/mol. The summed E-state index contributed by atoms with van der Waals surface area (Å²) in [6.45, 7) is 1.17. The van der Waals surface area contributed by atoms with E-state index < -0.39 is 5.82 Å². The molecular weight excluding hydrogens is 435 g/mol. The van der Waals surface area contributed by atoms with Crippen LogP contribution in [0.3, 0.4) is 0 Å². The summed E-state index contributed by atoms with van der Waals surface area (Å²) in [4.78, 5) is 31.9. The van der Waals surface area contributed by atoms with Crippen LogP contribution in [-0.2, 0) is 16.1 Å². The molecule has 180 valence electrons. The molecule has 8 heteroatoms. The summed E-state index contributed by atoms with van der Waals surface area (Å²) in [7, 11) is 3.44. The zero-order chi connectivity index (χ0) is 24.1. The molecule has 0 atom stereocenters. The molecule has 7 nitrogen and oxygen atoms in total. The van der Waals surface area contributed by atoms with Crippen molar-refractivity contribution in [3.8, 4) is 0 Å². The number of ether oxygens (including phenoxy) is 1. The fourth-order valence-corrected chi connectivity index (χ4v) is 4.53. The number of aromatic nitrogens is 2. The van der Waals surface area contributed by atoms with E-state index >= 15 is 0 Å². The number of carbonyl (C=O) groups is 2. The van der Waals surface area contributed by atoms with Gasteiger partial charge in [0.2, 0.25) is 11.9 Å². The van der Waals surface area contributed by atoms with Gasteiger partial charge >= 0.3 is 0 Å². The van der Waals surface area contributed by atoms with Crippen molar-refractivity contribution in [3.63, 3.8) is 0 Å². The number of fused-ring (bicyclic) bond motifs is 1. The summed E-state index contributed by atoms with van der Waals surface area (Å²) in [5, 5.41) is 2.85. The van der Waals surface area contributed by atoms with E-state index in [0.717, 1.165) is 30.5 Å². The Morgan fingerprint density at radius 2 is 1.91 bits per heavy atom. The summed E-state index contributed by atoms with van der Waals surface area (Å²) >= 11 is 0. The number of hydrogen-bond acceptors (Lipinski definition) is 4. The molecule has 1 fully saturated rings. The summed E-state index contributed by atoms with van der Waals surface area (Å²) in [6, 6.07) is 11.1. The maximum atomic E-state index is 13.2.